The van der Waals surface area contributed by atoms with E-state index in [1.807, 2.05) is 17.4 Å². The van der Waals surface area contributed by atoms with Crippen molar-refractivity contribution >= 4 is 98.0 Å². The highest BCUT2D eigenvalue weighted by Gasteiger charge is 2.43. The molecule has 1 atom stereocenters. The standard InChI is InChI=1S/C57H39NO2S/c1-57(2)44-24-11-8-19-37(44)38-31-30-35(32-45(38)57)58(47-26-14-23-41-39-20-10-13-29-51(39)61-56(41)47)46-25-15-28-49-52(46)43-33-50-53(42-22-9-12-27-48(42)59-50)54(55(43)60-49)40-21-7-6-18-36(40)34-16-4-3-5-17-34/h3-23,25-33,44H,24H2,1-2H3. The molecular formula is C57H39NO2S. The Morgan fingerprint density at radius 2 is 1.31 bits per heavy atom. The Bertz CT molecular complexity index is 3670. The first kappa shape index (κ1) is 34.7. The van der Waals surface area contributed by atoms with E-state index in [9.17, 15) is 0 Å². The van der Waals surface area contributed by atoms with E-state index in [2.05, 4.69) is 195 Å². The predicted octanol–water partition coefficient (Wildman–Crippen LogP) is 16.9. The fraction of sp³-hybridized carbons (Fsp3) is 0.0877. The summed E-state index contributed by atoms with van der Waals surface area (Å²) in [7, 11) is 0. The largest absolute Gasteiger partial charge is 0.456 e. The number of rotatable bonds is 5. The van der Waals surface area contributed by atoms with Crippen molar-refractivity contribution in [3.63, 3.8) is 0 Å². The van der Waals surface area contributed by atoms with Crippen LogP contribution in [0.4, 0.5) is 17.1 Å². The van der Waals surface area contributed by atoms with Crippen molar-refractivity contribution in [2.45, 2.75) is 25.7 Å². The Morgan fingerprint density at radius 3 is 2.21 bits per heavy atom. The highest BCUT2D eigenvalue weighted by Crippen LogP contribution is 2.56. The fourth-order valence-corrected chi connectivity index (χ4v) is 11.9. The molecule has 11 aromatic rings. The molecule has 0 aliphatic heterocycles. The van der Waals surface area contributed by atoms with Crippen LogP contribution in [0.1, 0.15) is 31.4 Å². The lowest BCUT2D eigenvalue weighted by molar-refractivity contribution is 0.415. The molecule has 0 N–H and O–H groups in total. The van der Waals surface area contributed by atoms with Gasteiger partial charge in [0, 0.05) is 42.9 Å². The molecule has 0 amide bonds. The monoisotopic (exact) mass is 801 g/mol. The Balaban J connectivity index is 1.14. The van der Waals surface area contributed by atoms with Gasteiger partial charge in [0.2, 0.25) is 0 Å². The smallest absolute Gasteiger partial charge is 0.144 e. The summed E-state index contributed by atoms with van der Waals surface area (Å²) >= 11 is 1.86. The van der Waals surface area contributed by atoms with Gasteiger partial charge in [-0.2, -0.15) is 0 Å². The summed E-state index contributed by atoms with van der Waals surface area (Å²) in [6.07, 6.45) is 7.95. The van der Waals surface area contributed by atoms with Crippen molar-refractivity contribution < 1.29 is 8.83 Å². The lowest BCUT2D eigenvalue weighted by Crippen LogP contribution is -2.24. The molecule has 0 fully saturated rings. The minimum Gasteiger partial charge on any atom is -0.456 e. The first-order chi connectivity index (χ1) is 30.0. The van der Waals surface area contributed by atoms with E-state index < -0.39 is 0 Å². The number of benzene rings is 8. The van der Waals surface area contributed by atoms with Crippen LogP contribution in [-0.4, -0.2) is 0 Å². The van der Waals surface area contributed by atoms with Gasteiger partial charge >= 0.3 is 0 Å². The molecule has 0 bridgehead atoms. The molecule has 61 heavy (non-hydrogen) atoms. The minimum atomic E-state index is -0.0283. The number of para-hydroxylation sites is 1. The molecule has 8 aromatic carbocycles. The van der Waals surface area contributed by atoms with Gasteiger partial charge in [-0.3, -0.25) is 0 Å². The molecule has 3 aromatic heterocycles. The molecule has 0 saturated carbocycles. The molecular weight excluding hydrogens is 763 g/mol. The van der Waals surface area contributed by atoms with E-state index >= 15 is 0 Å². The normalized spacial score (nSPS) is 15.6. The van der Waals surface area contributed by atoms with Crippen LogP contribution in [0, 0.1) is 5.92 Å². The van der Waals surface area contributed by atoms with Gasteiger partial charge in [-0.15, -0.1) is 11.3 Å². The fourth-order valence-electron chi connectivity index (χ4n) is 10.7. The van der Waals surface area contributed by atoms with E-state index in [0.717, 1.165) is 89.6 Å². The first-order valence-corrected chi connectivity index (χ1v) is 22.0. The van der Waals surface area contributed by atoms with E-state index in [0.29, 0.717) is 5.92 Å². The summed E-state index contributed by atoms with van der Waals surface area (Å²) in [5, 5.41) is 6.75. The molecule has 0 radical (unpaired) electrons. The summed E-state index contributed by atoms with van der Waals surface area (Å²) in [6, 6.07) is 59.3. The van der Waals surface area contributed by atoms with E-state index in [4.69, 9.17) is 8.83 Å². The third kappa shape index (κ3) is 4.97. The molecule has 4 heteroatoms. The van der Waals surface area contributed by atoms with Crippen LogP contribution in [0.5, 0.6) is 0 Å². The molecule has 0 spiro atoms. The number of hydrogen-bond acceptors (Lipinski definition) is 4. The van der Waals surface area contributed by atoms with Crippen molar-refractivity contribution in [2.75, 3.05) is 4.90 Å². The Kier molecular flexibility index (Phi) is 7.35. The van der Waals surface area contributed by atoms with Crippen LogP contribution >= 0.6 is 11.3 Å². The van der Waals surface area contributed by atoms with Gasteiger partial charge in [0.1, 0.15) is 22.3 Å². The SMILES string of the molecule is CC1(C)c2cc(N(c3cccc4c3sc3ccccc34)c3cccc4oc5c(-c6ccccc6-c6ccccc6)c6c(cc5c34)oc3ccccc36)ccc2C2=CC=CCC21. The average Bonchev–Trinajstić information content (AvgIpc) is 4.05. The average molecular weight is 802 g/mol. The number of anilines is 3. The second-order valence-electron chi connectivity index (χ2n) is 17.1. The number of thiophene rings is 1. The molecule has 1 unspecified atom stereocenters. The quantitative estimate of drug-likeness (QED) is 0.174. The van der Waals surface area contributed by atoms with Crippen LogP contribution in [-0.2, 0) is 5.41 Å². The van der Waals surface area contributed by atoms with Crippen molar-refractivity contribution in [2.24, 2.45) is 5.92 Å². The highest BCUT2D eigenvalue weighted by molar-refractivity contribution is 7.26. The van der Waals surface area contributed by atoms with E-state index in [1.165, 1.54) is 36.9 Å². The van der Waals surface area contributed by atoms with Crippen LogP contribution in [0.25, 0.3) is 91.9 Å². The number of furan rings is 2. The second-order valence-corrected chi connectivity index (χ2v) is 18.2. The van der Waals surface area contributed by atoms with Crippen LogP contribution in [0.2, 0.25) is 0 Å². The van der Waals surface area contributed by atoms with Gasteiger partial charge in [-0.25, -0.2) is 0 Å². The molecule has 2 aliphatic carbocycles. The summed E-state index contributed by atoms with van der Waals surface area (Å²) in [6.45, 7) is 4.85. The molecule has 2 aliphatic rings. The predicted molar refractivity (Wildman–Crippen MR) is 258 cm³/mol. The lowest BCUT2D eigenvalue weighted by atomic mass is 9.75. The Morgan fingerprint density at radius 1 is 0.574 bits per heavy atom. The summed E-state index contributed by atoms with van der Waals surface area (Å²) < 4.78 is 16.6. The Labute approximate surface area is 357 Å². The van der Waals surface area contributed by atoms with Crippen molar-refractivity contribution in [1.82, 2.24) is 0 Å². The van der Waals surface area contributed by atoms with Gasteiger partial charge in [0.25, 0.3) is 0 Å². The van der Waals surface area contributed by atoms with Gasteiger partial charge in [0.15, 0.2) is 0 Å². The summed E-state index contributed by atoms with van der Waals surface area (Å²) in [4.78, 5) is 2.50. The molecule has 3 heterocycles. The van der Waals surface area contributed by atoms with E-state index in [1.54, 1.807) is 0 Å². The minimum absolute atomic E-state index is 0.0283. The summed E-state index contributed by atoms with van der Waals surface area (Å²) in [5.41, 5.74) is 15.4. The highest BCUT2D eigenvalue weighted by atomic mass is 32.1. The van der Waals surface area contributed by atoms with Gasteiger partial charge in [0.05, 0.1) is 21.5 Å². The topological polar surface area (TPSA) is 29.5 Å². The van der Waals surface area contributed by atoms with Crippen LogP contribution in [0.15, 0.2) is 191 Å². The summed E-state index contributed by atoms with van der Waals surface area (Å²) in [5.74, 6) is 0.451. The van der Waals surface area contributed by atoms with Crippen molar-refractivity contribution in [1.29, 1.82) is 0 Å². The maximum absolute atomic E-state index is 7.24. The zero-order valence-electron chi connectivity index (χ0n) is 33.8. The zero-order chi connectivity index (χ0) is 40.4. The number of hydrogen-bond donors (Lipinski definition) is 0. The Hall–Kier alpha value is -7.14. The van der Waals surface area contributed by atoms with Crippen molar-refractivity contribution in [3.8, 4) is 22.3 Å². The zero-order valence-corrected chi connectivity index (χ0v) is 34.6. The lowest BCUT2D eigenvalue weighted by Gasteiger charge is -2.31. The maximum atomic E-state index is 7.24. The number of allylic oxidation sites excluding steroid dienone is 4. The number of fused-ring (bicyclic) bond motifs is 12. The van der Waals surface area contributed by atoms with Crippen LogP contribution in [0.3, 0.4) is 0 Å². The molecule has 3 nitrogen and oxygen atoms in total. The second kappa shape index (κ2) is 12.9. The van der Waals surface area contributed by atoms with Gasteiger partial charge < -0.3 is 13.7 Å². The molecule has 13 rings (SSSR count). The molecule has 290 valence electrons. The van der Waals surface area contributed by atoms with Crippen LogP contribution < -0.4 is 4.90 Å². The third-order valence-electron chi connectivity index (χ3n) is 13.5. The van der Waals surface area contributed by atoms with Gasteiger partial charge in [-0.1, -0.05) is 147 Å². The van der Waals surface area contributed by atoms with Gasteiger partial charge in [-0.05, 0) is 99.7 Å². The third-order valence-corrected chi connectivity index (χ3v) is 14.8. The molecule has 0 saturated heterocycles. The van der Waals surface area contributed by atoms with Crippen molar-refractivity contribution in [3.05, 3.63) is 193 Å². The number of nitrogens with zero attached hydrogens (tertiary/aromatic N) is 1. The first-order valence-electron chi connectivity index (χ1n) is 21.2. The maximum Gasteiger partial charge on any atom is 0.144 e. The van der Waals surface area contributed by atoms with E-state index in [-0.39, 0.29) is 5.41 Å².